The number of benzene rings is 2. The molecule has 1 amide bonds. The number of hydrogen-bond acceptors (Lipinski definition) is 6. The van der Waals surface area contributed by atoms with E-state index in [2.05, 4.69) is 5.32 Å². The monoisotopic (exact) mass is 436 g/mol. The van der Waals surface area contributed by atoms with Gasteiger partial charge in [0.2, 0.25) is 0 Å². The minimum atomic E-state index is -0.856. The molecule has 1 unspecified atom stereocenters. The SMILES string of the molecule is CSCCC(NC(=O)c1ccc([N+](=O)[O-])cc1Cl)C(=O)OCc1cccc(C)c1. The number of nitrogens with one attached hydrogen (secondary N) is 1. The molecule has 0 aromatic heterocycles. The summed E-state index contributed by atoms with van der Waals surface area (Å²) in [6.07, 6.45) is 2.27. The van der Waals surface area contributed by atoms with E-state index in [1.54, 1.807) is 0 Å². The number of thioether (sulfide) groups is 1. The number of amides is 1. The van der Waals surface area contributed by atoms with E-state index in [0.29, 0.717) is 12.2 Å². The molecule has 2 aromatic carbocycles. The fourth-order valence-electron chi connectivity index (χ4n) is 2.58. The second-order valence-electron chi connectivity index (χ2n) is 6.33. The number of esters is 1. The Morgan fingerprint density at radius 3 is 2.66 bits per heavy atom. The van der Waals surface area contributed by atoms with E-state index in [4.69, 9.17) is 16.3 Å². The van der Waals surface area contributed by atoms with Crippen LogP contribution >= 0.6 is 23.4 Å². The third kappa shape index (κ3) is 6.76. The van der Waals surface area contributed by atoms with Crippen LogP contribution in [0.5, 0.6) is 0 Å². The molecule has 0 aliphatic rings. The van der Waals surface area contributed by atoms with Gasteiger partial charge in [-0.05, 0) is 37.0 Å². The van der Waals surface area contributed by atoms with Crippen molar-refractivity contribution in [3.63, 3.8) is 0 Å². The maximum Gasteiger partial charge on any atom is 0.329 e. The second kappa shape index (κ2) is 10.8. The Morgan fingerprint density at radius 2 is 2.03 bits per heavy atom. The molecule has 0 aliphatic carbocycles. The molecule has 2 aromatic rings. The highest BCUT2D eigenvalue weighted by molar-refractivity contribution is 7.98. The van der Waals surface area contributed by atoms with Crippen LogP contribution < -0.4 is 5.32 Å². The molecule has 1 N–H and O–H groups in total. The molecule has 1 atom stereocenters. The quantitative estimate of drug-likeness (QED) is 0.360. The first kappa shape index (κ1) is 22.7. The summed E-state index contributed by atoms with van der Waals surface area (Å²) in [6.45, 7) is 2.05. The van der Waals surface area contributed by atoms with Crippen molar-refractivity contribution in [1.29, 1.82) is 0 Å². The van der Waals surface area contributed by atoms with Gasteiger partial charge in [-0.1, -0.05) is 41.4 Å². The van der Waals surface area contributed by atoms with Crippen molar-refractivity contribution in [2.75, 3.05) is 12.0 Å². The van der Waals surface area contributed by atoms with Crippen LogP contribution in [0.4, 0.5) is 5.69 Å². The average Bonchev–Trinajstić information content (AvgIpc) is 2.69. The zero-order chi connectivity index (χ0) is 21.4. The molecule has 0 saturated carbocycles. The van der Waals surface area contributed by atoms with Gasteiger partial charge >= 0.3 is 5.97 Å². The number of ether oxygens (including phenoxy) is 1. The van der Waals surface area contributed by atoms with Crippen molar-refractivity contribution >= 4 is 40.9 Å². The van der Waals surface area contributed by atoms with Gasteiger partial charge in [0, 0.05) is 12.1 Å². The van der Waals surface area contributed by atoms with Gasteiger partial charge in [-0.15, -0.1) is 0 Å². The summed E-state index contributed by atoms with van der Waals surface area (Å²) in [7, 11) is 0. The molecule has 0 spiro atoms. The second-order valence-corrected chi connectivity index (χ2v) is 7.72. The van der Waals surface area contributed by atoms with Gasteiger partial charge < -0.3 is 10.1 Å². The molecule has 154 valence electrons. The molecule has 9 heteroatoms. The van der Waals surface area contributed by atoms with Crippen molar-refractivity contribution in [1.82, 2.24) is 5.32 Å². The lowest BCUT2D eigenvalue weighted by Crippen LogP contribution is -2.42. The molecule has 29 heavy (non-hydrogen) atoms. The van der Waals surface area contributed by atoms with Crippen LogP contribution in [0.2, 0.25) is 5.02 Å². The minimum Gasteiger partial charge on any atom is -0.459 e. The third-order valence-electron chi connectivity index (χ3n) is 4.07. The topological polar surface area (TPSA) is 98.5 Å². The highest BCUT2D eigenvalue weighted by Crippen LogP contribution is 2.22. The minimum absolute atomic E-state index is 0.0536. The molecule has 0 aliphatic heterocycles. The Balaban J connectivity index is 2.07. The maximum atomic E-state index is 12.6. The van der Waals surface area contributed by atoms with Gasteiger partial charge in [0.15, 0.2) is 0 Å². The first-order valence-corrected chi connectivity index (χ1v) is 10.5. The lowest BCUT2D eigenvalue weighted by molar-refractivity contribution is -0.384. The summed E-state index contributed by atoms with van der Waals surface area (Å²) in [5.41, 5.74) is 1.74. The third-order valence-corrected chi connectivity index (χ3v) is 5.03. The number of nitro benzene ring substituents is 1. The molecule has 0 bridgehead atoms. The summed E-state index contributed by atoms with van der Waals surface area (Å²) in [4.78, 5) is 35.3. The largest absolute Gasteiger partial charge is 0.459 e. The summed E-state index contributed by atoms with van der Waals surface area (Å²) >= 11 is 7.54. The highest BCUT2D eigenvalue weighted by Gasteiger charge is 2.24. The van der Waals surface area contributed by atoms with E-state index in [9.17, 15) is 19.7 Å². The molecule has 0 radical (unpaired) electrons. The van der Waals surface area contributed by atoms with Gasteiger partial charge in [-0.2, -0.15) is 11.8 Å². The molecule has 2 rings (SSSR count). The molecular formula is C20H21ClN2O5S. The Morgan fingerprint density at radius 1 is 1.28 bits per heavy atom. The van der Waals surface area contributed by atoms with E-state index in [0.717, 1.165) is 17.2 Å². The van der Waals surface area contributed by atoms with Gasteiger partial charge in [0.05, 0.1) is 15.5 Å². The van der Waals surface area contributed by atoms with Crippen LogP contribution in [0.1, 0.15) is 27.9 Å². The standard InChI is InChI=1S/C20H21ClN2O5S/c1-13-4-3-5-14(10-13)12-28-20(25)18(8-9-29-2)22-19(24)16-7-6-15(23(26)27)11-17(16)21/h3-7,10-11,18H,8-9,12H2,1-2H3,(H,22,24). The first-order chi connectivity index (χ1) is 13.8. The number of carbonyl (C=O) groups is 2. The fourth-order valence-corrected chi connectivity index (χ4v) is 3.31. The van der Waals surface area contributed by atoms with Crippen LogP contribution in [-0.4, -0.2) is 34.9 Å². The van der Waals surface area contributed by atoms with Crippen molar-refractivity contribution in [3.05, 3.63) is 74.3 Å². The van der Waals surface area contributed by atoms with Gasteiger partial charge in [0.1, 0.15) is 12.6 Å². The predicted molar refractivity (Wildman–Crippen MR) is 113 cm³/mol. The highest BCUT2D eigenvalue weighted by atomic mass is 35.5. The van der Waals surface area contributed by atoms with E-state index in [1.165, 1.54) is 23.9 Å². The summed E-state index contributed by atoms with van der Waals surface area (Å²) in [5, 5.41) is 13.4. The van der Waals surface area contributed by atoms with Crippen LogP contribution in [0.25, 0.3) is 0 Å². The number of nitro groups is 1. The summed E-state index contributed by atoms with van der Waals surface area (Å²) in [5.74, 6) is -0.506. The normalized spacial score (nSPS) is 11.6. The molecule has 7 nitrogen and oxygen atoms in total. The van der Waals surface area contributed by atoms with Crippen molar-refractivity contribution in [2.24, 2.45) is 0 Å². The van der Waals surface area contributed by atoms with Crippen molar-refractivity contribution in [2.45, 2.75) is 26.0 Å². The predicted octanol–water partition coefficient (Wildman–Crippen LogP) is 4.15. The van der Waals surface area contributed by atoms with Crippen molar-refractivity contribution < 1.29 is 19.2 Å². The van der Waals surface area contributed by atoms with Gasteiger partial charge in [-0.3, -0.25) is 14.9 Å². The van der Waals surface area contributed by atoms with Gasteiger partial charge in [-0.25, -0.2) is 4.79 Å². The Labute approximate surface area is 177 Å². The number of nitrogens with zero attached hydrogens (tertiary/aromatic N) is 1. The lowest BCUT2D eigenvalue weighted by Gasteiger charge is -2.18. The number of non-ortho nitro benzene ring substituents is 1. The van der Waals surface area contributed by atoms with E-state index >= 15 is 0 Å². The molecule has 0 saturated heterocycles. The van der Waals surface area contributed by atoms with Crippen LogP contribution in [-0.2, 0) is 16.1 Å². The Kier molecular flexibility index (Phi) is 8.48. The number of rotatable bonds is 9. The summed E-state index contributed by atoms with van der Waals surface area (Å²) in [6, 6.07) is 10.3. The zero-order valence-electron chi connectivity index (χ0n) is 16.0. The van der Waals surface area contributed by atoms with E-state index < -0.39 is 22.8 Å². The Bertz CT molecular complexity index is 906. The van der Waals surface area contributed by atoms with Crippen molar-refractivity contribution in [3.8, 4) is 0 Å². The van der Waals surface area contributed by atoms with Crippen LogP contribution in [0.15, 0.2) is 42.5 Å². The van der Waals surface area contributed by atoms with E-state index in [1.807, 2.05) is 37.4 Å². The smallest absolute Gasteiger partial charge is 0.329 e. The summed E-state index contributed by atoms with van der Waals surface area (Å²) < 4.78 is 5.37. The number of hydrogen-bond donors (Lipinski definition) is 1. The van der Waals surface area contributed by atoms with Crippen LogP contribution in [0, 0.1) is 17.0 Å². The number of carbonyl (C=O) groups excluding carboxylic acids is 2. The number of halogens is 1. The fraction of sp³-hybridized carbons (Fsp3) is 0.300. The molecular weight excluding hydrogens is 416 g/mol. The zero-order valence-corrected chi connectivity index (χ0v) is 17.6. The van der Waals surface area contributed by atoms with Gasteiger partial charge in [0.25, 0.3) is 11.6 Å². The van der Waals surface area contributed by atoms with Crippen LogP contribution in [0.3, 0.4) is 0 Å². The maximum absolute atomic E-state index is 12.6. The molecule has 0 heterocycles. The van der Waals surface area contributed by atoms with E-state index in [-0.39, 0.29) is 22.9 Å². The average molecular weight is 437 g/mol. The number of aryl methyl sites for hydroxylation is 1. The first-order valence-electron chi connectivity index (χ1n) is 8.77. The Hall–Kier alpha value is -2.58. The molecule has 0 fully saturated rings. The lowest BCUT2D eigenvalue weighted by atomic mass is 10.1.